The molecular formula is C28H30F2N8O2. The van der Waals surface area contributed by atoms with Gasteiger partial charge in [-0.15, -0.1) is 0 Å². The molecule has 2 aromatic heterocycles. The number of nitrogens with zero attached hydrogens (tertiary/aromatic N) is 5. The average Bonchev–Trinajstić information content (AvgIpc) is 2.93. The number of aromatic nitrogens is 4. The standard InChI is InChI=1S/C28H30F2N8O2/c1-15-5-6-18(27(39)35-19-7-8-23(40-4)20(10-19)25(29)30)9-21(15)36-26-24-22(32-14-33-26)11-31-28(37-24)38-12-16(2)34-17(3)13-38/h5-11,14,16-17,25,34H,12-13H2,1-4H3,(H,35,39)(H,32,33,36)/t16-,17+. The van der Waals surface area contributed by atoms with Gasteiger partial charge in [0.2, 0.25) is 5.95 Å². The van der Waals surface area contributed by atoms with Gasteiger partial charge in [-0.1, -0.05) is 6.07 Å². The summed E-state index contributed by atoms with van der Waals surface area (Å²) in [6, 6.07) is 9.85. The number of fused-ring (bicyclic) bond motifs is 1. The van der Waals surface area contributed by atoms with Crippen LogP contribution in [0.25, 0.3) is 11.0 Å². The van der Waals surface area contributed by atoms with Gasteiger partial charge < -0.3 is 25.6 Å². The SMILES string of the molecule is COc1ccc(NC(=O)c2ccc(C)c(Nc3ncnc4cnc(N5C[C@@H](C)N[C@@H](C)C5)nc34)c2)cc1C(F)F. The van der Waals surface area contributed by atoms with E-state index in [4.69, 9.17) is 9.72 Å². The van der Waals surface area contributed by atoms with Gasteiger partial charge in [0.25, 0.3) is 12.3 Å². The Balaban J connectivity index is 1.41. The fraction of sp³-hybridized carbons (Fsp3) is 0.321. The fourth-order valence-corrected chi connectivity index (χ4v) is 4.79. The predicted octanol–water partition coefficient (Wildman–Crippen LogP) is 4.86. The molecule has 40 heavy (non-hydrogen) atoms. The lowest BCUT2D eigenvalue weighted by atomic mass is 10.1. The third-order valence-corrected chi connectivity index (χ3v) is 6.68. The maximum atomic E-state index is 13.4. The van der Waals surface area contributed by atoms with Crippen LogP contribution >= 0.6 is 0 Å². The van der Waals surface area contributed by atoms with Crippen molar-refractivity contribution in [3.05, 3.63) is 65.6 Å². The predicted molar refractivity (Wildman–Crippen MR) is 150 cm³/mol. The van der Waals surface area contributed by atoms with Crippen molar-refractivity contribution in [3.63, 3.8) is 0 Å². The van der Waals surface area contributed by atoms with Crippen LogP contribution in [0.2, 0.25) is 0 Å². The summed E-state index contributed by atoms with van der Waals surface area (Å²) >= 11 is 0. The first-order valence-corrected chi connectivity index (χ1v) is 12.9. The molecular weight excluding hydrogens is 518 g/mol. The number of hydrogen-bond acceptors (Lipinski definition) is 9. The monoisotopic (exact) mass is 548 g/mol. The summed E-state index contributed by atoms with van der Waals surface area (Å²) < 4.78 is 31.8. The number of nitrogens with one attached hydrogen (secondary N) is 3. The molecule has 1 aliphatic rings. The van der Waals surface area contributed by atoms with E-state index in [-0.39, 0.29) is 17.0 Å². The molecule has 1 fully saturated rings. The van der Waals surface area contributed by atoms with Crippen LogP contribution in [0.5, 0.6) is 5.75 Å². The van der Waals surface area contributed by atoms with Gasteiger partial charge in [-0.25, -0.2) is 28.7 Å². The average molecular weight is 549 g/mol. The number of aryl methyl sites for hydroxylation is 1. The van der Waals surface area contributed by atoms with Crippen LogP contribution in [-0.4, -0.2) is 58.1 Å². The molecule has 0 spiro atoms. The van der Waals surface area contributed by atoms with Gasteiger partial charge in [-0.3, -0.25) is 4.79 Å². The van der Waals surface area contributed by atoms with E-state index in [0.717, 1.165) is 18.7 Å². The number of hydrogen-bond donors (Lipinski definition) is 3. The zero-order valence-electron chi connectivity index (χ0n) is 22.6. The summed E-state index contributed by atoms with van der Waals surface area (Å²) in [4.78, 5) is 33.2. The third kappa shape index (κ3) is 5.76. The molecule has 1 amide bonds. The van der Waals surface area contributed by atoms with Gasteiger partial charge in [0, 0.05) is 42.1 Å². The molecule has 0 bridgehead atoms. The number of ether oxygens (including phenoxy) is 1. The number of rotatable bonds is 7. The number of carbonyl (C=O) groups is 1. The maximum absolute atomic E-state index is 13.4. The Bertz CT molecular complexity index is 1540. The van der Waals surface area contributed by atoms with Crippen molar-refractivity contribution in [2.75, 3.05) is 35.7 Å². The first-order chi connectivity index (χ1) is 19.2. The molecule has 0 aliphatic carbocycles. The smallest absolute Gasteiger partial charge is 0.267 e. The van der Waals surface area contributed by atoms with Crippen molar-refractivity contribution in [1.29, 1.82) is 0 Å². The van der Waals surface area contributed by atoms with Gasteiger partial charge in [0.15, 0.2) is 5.82 Å². The summed E-state index contributed by atoms with van der Waals surface area (Å²) in [5.74, 6) is 0.674. The number of carbonyl (C=O) groups excluding carboxylic acids is 1. The Kier molecular flexibility index (Phi) is 7.69. The normalized spacial score (nSPS) is 17.2. The molecule has 0 radical (unpaired) electrons. The molecule has 0 unspecified atom stereocenters. The van der Waals surface area contributed by atoms with Gasteiger partial charge >= 0.3 is 0 Å². The third-order valence-electron chi connectivity index (χ3n) is 6.68. The van der Waals surface area contributed by atoms with Crippen molar-refractivity contribution in [2.24, 2.45) is 0 Å². The molecule has 2 atom stereocenters. The summed E-state index contributed by atoms with van der Waals surface area (Å²) in [5.41, 5.74) is 2.91. The summed E-state index contributed by atoms with van der Waals surface area (Å²) in [6.45, 7) is 7.69. The molecule has 2 aromatic carbocycles. The van der Waals surface area contributed by atoms with Gasteiger partial charge in [0.1, 0.15) is 23.1 Å². The fourth-order valence-electron chi connectivity index (χ4n) is 4.79. The van der Waals surface area contributed by atoms with Crippen LogP contribution in [-0.2, 0) is 0 Å². The van der Waals surface area contributed by atoms with Crippen LogP contribution in [0.15, 0.2) is 48.9 Å². The van der Waals surface area contributed by atoms with E-state index in [2.05, 4.69) is 49.6 Å². The van der Waals surface area contributed by atoms with Crippen molar-refractivity contribution in [1.82, 2.24) is 25.3 Å². The van der Waals surface area contributed by atoms with E-state index in [0.29, 0.717) is 46.1 Å². The minimum atomic E-state index is -2.74. The van der Waals surface area contributed by atoms with Crippen LogP contribution in [0.3, 0.4) is 0 Å². The first kappa shape index (κ1) is 27.1. The number of methoxy groups -OCH3 is 1. The Labute approximate surface area is 230 Å². The van der Waals surface area contributed by atoms with Crippen molar-refractivity contribution in [3.8, 4) is 5.75 Å². The number of amides is 1. The first-order valence-electron chi connectivity index (χ1n) is 12.9. The molecule has 3 heterocycles. The number of halogens is 2. The molecule has 4 aromatic rings. The summed E-state index contributed by atoms with van der Waals surface area (Å²) in [6.07, 6.45) is 0.368. The Morgan fingerprint density at radius 3 is 2.60 bits per heavy atom. The second kappa shape index (κ2) is 11.3. The van der Waals surface area contributed by atoms with Crippen LogP contribution in [0, 0.1) is 6.92 Å². The quantitative estimate of drug-likeness (QED) is 0.298. The van der Waals surface area contributed by atoms with Gasteiger partial charge in [0.05, 0.1) is 18.9 Å². The lowest BCUT2D eigenvalue weighted by Crippen LogP contribution is -2.54. The Hall–Kier alpha value is -4.45. The number of anilines is 4. The minimum Gasteiger partial charge on any atom is -0.496 e. The number of piperazine rings is 1. The summed E-state index contributed by atoms with van der Waals surface area (Å²) in [7, 11) is 1.32. The molecule has 3 N–H and O–H groups in total. The molecule has 1 aliphatic heterocycles. The van der Waals surface area contributed by atoms with E-state index < -0.39 is 12.3 Å². The van der Waals surface area contributed by atoms with Gasteiger partial charge in [-0.2, -0.15) is 0 Å². The molecule has 10 nitrogen and oxygen atoms in total. The van der Waals surface area contributed by atoms with Crippen molar-refractivity contribution < 1.29 is 18.3 Å². The van der Waals surface area contributed by atoms with E-state index in [1.54, 1.807) is 24.4 Å². The molecule has 5 rings (SSSR count). The van der Waals surface area contributed by atoms with E-state index in [1.165, 1.54) is 31.6 Å². The summed E-state index contributed by atoms with van der Waals surface area (Å²) in [5, 5.41) is 9.48. The largest absolute Gasteiger partial charge is 0.496 e. The molecule has 12 heteroatoms. The van der Waals surface area contributed by atoms with E-state index >= 15 is 0 Å². The van der Waals surface area contributed by atoms with Crippen LogP contribution < -0.4 is 25.6 Å². The highest BCUT2D eigenvalue weighted by molar-refractivity contribution is 6.05. The molecule has 208 valence electrons. The van der Waals surface area contributed by atoms with E-state index in [1.807, 2.05) is 6.92 Å². The van der Waals surface area contributed by atoms with Crippen LogP contribution in [0.1, 0.15) is 41.8 Å². The zero-order chi connectivity index (χ0) is 28.4. The lowest BCUT2D eigenvalue weighted by Gasteiger charge is -2.36. The Morgan fingerprint density at radius 1 is 1.10 bits per heavy atom. The highest BCUT2D eigenvalue weighted by Crippen LogP contribution is 2.32. The minimum absolute atomic E-state index is 0.0554. The van der Waals surface area contributed by atoms with E-state index in [9.17, 15) is 13.6 Å². The topological polar surface area (TPSA) is 117 Å². The Morgan fingerprint density at radius 2 is 1.88 bits per heavy atom. The number of alkyl halides is 2. The number of benzene rings is 2. The van der Waals surface area contributed by atoms with Crippen LogP contribution in [0.4, 0.5) is 31.9 Å². The zero-order valence-corrected chi connectivity index (χ0v) is 22.6. The van der Waals surface area contributed by atoms with Crippen molar-refractivity contribution in [2.45, 2.75) is 39.3 Å². The second-order valence-electron chi connectivity index (χ2n) is 9.87. The molecule has 0 saturated carbocycles. The lowest BCUT2D eigenvalue weighted by molar-refractivity contribution is 0.102. The van der Waals surface area contributed by atoms with Crippen molar-refractivity contribution >= 4 is 40.1 Å². The highest BCUT2D eigenvalue weighted by Gasteiger charge is 2.24. The highest BCUT2D eigenvalue weighted by atomic mass is 19.3. The second-order valence-corrected chi connectivity index (χ2v) is 9.87. The molecule has 1 saturated heterocycles. The maximum Gasteiger partial charge on any atom is 0.267 e. The van der Waals surface area contributed by atoms with Gasteiger partial charge in [-0.05, 0) is 56.7 Å².